The van der Waals surface area contributed by atoms with E-state index in [0.29, 0.717) is 47.4 Å². The molecule has 0 amide bonds. The average Bonchev–Trinajstić information content (AvgIpc) is 3.17. The van der Waals surface area contributed by atoms with Gasteiger partial charge in [-0.3, -0.25) is 0 Å². The lowest BCUT2D eigenvalue weighted by Gasteiger charge is -2.17. The lowest BCUT2D eigenvalue weighted by atomic mass is 9.95. The molecular formula is C27H28F3N5O2. The Kier molecular flexibility index (Phi) is 7.47. The van der Waals surface area contributed by atoms with E-state index in [1.165, 1.54) is 10.7 Å². The summed E-state index contributed by atoms with van der Waals surface area (Å²) < 4.78 is 47.7. The van der Waals surface area contributed by atoms with Gasteiger partial charge in [0.2, 0.25) is 0 Å². The van der Waals surface area contributed by atoms with Crippen molar-refractivity contribution in [2.45, 2.75) is 39.8 Å². The van der Waals surface area contributed by atoms with E-state index >= 15 is 0 Å². The number of rotatable bonds is 9. The predicted molar refractivity (Wildman–Crippen MR) is 135 cm³/mol. The van der Waals surface area contributed by atoms with Crippen molar-refractivity contribution in [2.24, 2.45) is 11.8 Å². The Morgan fingerprint density at radius 2 is 1.84 bits per heavy atom. The Hall–Kier alpha value is -3.95. The number of halogens is 3. The standard InChI is InChI=1S/C27H28F3N5O2/c1-16(2)12-18(10-11-36)15-37-21-6-4-19(5-7-21)23-8-9-24-33-17(3)25(35(24)34-23)20-13-22(27(28,29)30)26(31)32-14-20/h4-9,11,13-14,16,18H,10,12,15H2,1-3H3,(H2,31,32). The highest BCUT2D eigenvalue weighted by Gasteiger charge is 2.34. The summed E-state index contributed by atoms with van der Waals surface area (Å²) in [7, 11) is 0. The number of nitrogens with two attached hydrogens (primary N) is 1. The molecule has 4 aromatic rings. The quantitative estimate of drug-likeness (QED) is 0.277. The molecule has 37 heavy (non-hydrogen) atoms. The maximum absolute atomic E-state index is 13.4. The number of hydrogen-bond donors (Lipinski definition) is 1. The van der Waals surface area contributed by atoms with E-state index in [-0.39, 0.29) is 11.5 Å². The van der Waals surface area contributed by atoms with Gasteiger partial charge < -0.3 is 15.3 Å². The number of carbonyl (C=O) groups excluding carboxylic acids is 1. The van der Waals surface area contributed by atoms with Crippen LogP contribution in [0.15, 0.2) is 48.7 Å². The molecule has 194 valence electrons. The van der Waals surface area contributed by atoms with Crippen molar-refractivity contribution in [3.63, 3.8) is 0 Å². The molecule has 2 N–H and O–H groups in total. The topological polar surface area (TPSA) is 95.4 Å². The number of aromatic nitrogens is 4. The Morgan fingerprint density at radius 1 is 1.11 bits per heavy atom. The molecule has 0 aliphatic rings. The Labute approximate surface area is 212 Å². The van der Waals surface area contributed by atoms with E-state index < -0.39 is 17.6 Å². The third-order valence-electron chi connectivity index (χ3n) is 6.02. The SMILES string of the molecule is Cc1nc2ccc(-c3ccc(OCC(CC=O)CC(C)C)cc3)nn2c1-c1cnc(N)c(C(F)(F)F)c1. The van der Waals surface area contributed by atoms with Gasteiger partial charge in [0.05, 0.1) is 29.3 Å². The highest BCUT2D eigenvalue weighted by molar-refractivity contribution is 5.70. The third kappa shape index (κ3) is 5.90. The van der Waals surface area contributed by atoms with Crippen molar-refractivity contribution >= 4 is 17.8 Å². The minimum Gasteiger partial charge on any atom is -0.493 e. The van der Waals surface area contributed by atoms with E-state index in [4.69, 9.17) is 10.5 Å². The second-order valence-corrected chi connectivity index (χ2v) is 9.42. The van der Waals surface area contributed by atoms with Crippen LogP contribution in [-0.4, -0.2) is 32.5 Å². The van der Waals surface area contributed by atoms with Crippen LogP contribution in [0.2, 0.25) is 0 Å². The van der Waals surface area contributed by atoms with Crippen LogP contribution in [0.5, 0.6) is 5.75 Å². The number of alkyl halides is 3. The van der Waals surface area contributed by atoms with Crippen molar-refractivity contribution in [1.82, 2.24) is 19.6 Å². The normalized spacial score (nSPS) is 12.7. The van der Waals surface area contributed by atoms with Gasteiger partial charge in [-0.25, -0.2) is 14.5 Å². The number of hydrogen-bond acceptors (Lipinski definition) is 6. The fourth-order valence-electron chi connectivity index (χ4n) is 4.33. The second-order valence-electron chi connectivity index (χ2n) is 9.42. The molecule has 0 spiro atoms. The number of carbonyl (C=O) groups is 1. The summed E-state index contributed by atoms with van der Waals surface area (Å²) in [5, 5.41) is 4.65. The predicted octanol–water partition coefficient (Wildman–Crippen LogP) is 6.00. The second kappa shape index (κ2) is 10.6. The van der Waals surface area contributed by atoms with Gasteiger partial charge in [0.25, 0.3) is 0 Å². The first kappa shape index (κ1) is 26.1. The summed E-state index contributed by atoms with van der Waals surface area (Å²) in [6, 6.07) is 11.9. The monoisotopic (exact) mass is 511 g/mol. The van der Waals surface area contributed by atoms with Gasteiger partial charge in [-0.2, -0.15) is 18.3 Å². The summed E-state index contributed by atoms with van der Waals surface area (Å²) in [6.45, 7) is 6.38. The number of aldehydes is 1. The van der Waals surface area contributed by atoms with Gasteiger partial charge in [0.1, 0.15) is 17.9 Å². The van der Waals surface area contributed by atoms with Crippen LogP contribution >= 0.6 is 0 Å². The molecule has 0 saturated heterocycles. The maximum Gasteiger partial charge on any atom is 0.419 e. The molecule has 4 rings (SSSR count). The molecule has 1 atom stereocenters. The zero-order valence-electron chi connectivity index (χ0n) is 20.8. The Morgan fingerprint density at radius 3 is 2.49 bits per heavy atom. The molecular weight excluding hydrogens is 483 g/mol. The molecule has 1 unspecified atom stereocenters. The molecule has 3 heterocycles. The number of fused-ring (bicyclic) bond motifs is 1. The smallest absolute Gasteiger partial charge is 0.419 e. The van der Waals surface area contributed by atoms with E-state index in [0.717, 1.165) is 24.3 Å². The fourth-order valence-corrected chi connectivity index (χ4v) is 4.33. The average molecular weight is 512 g/mol. The number of nitrogens with zero attached hydrogens (tertiary/aromatic N) is 4. The number of imidazole rings is 1. The van der Waals surface area contributed by atoms with Crippen molar-refractivity contribution in [2.75, 3.05) is 12.3 Å². The van der Waals surface area contributed by atoms with Crippen LogP contribution in [0.1, 0.15) is 37.9 Å². The molecule has 0 saturated carbocycles. The molecule has 0 aliphatic heterocycles. The molecule has 0 bridgehead atoms. The van der Waals surface area contributed by atoms with E-state index in [1.807, 2.05) is 24.3 Å². The molecule has 3 aromatic heterocycles. The highest BCUT2D eigenvalue weighted by Crippen LogP contribution is 2.36. The van der Waals surface area contributed by atoms with Crippen molar-refractivity contribution in [3.05, 3.63) is 59.9 Å². The summed E-state index contributed by atoms with van der Waals surface area (Å²) in [6.07, 6.45) is -1.05. The van der Waals surface area contributed by atoms with Crippen LogP contribution < -0.4 is 10.5 Å². The minimum absolute atomic E-state index is 0.157. The molecule has 7 nitrogen and oxygen atoms in total. The lowest BCUT2D eigenvalue weighted by molar-refractivity contribution is -0.137. The first-order valence-electron chi connectivity index (χ1n) is 11.9. The van der Waals surface area contributed by atoms with E-state index in [2.05, 4.69) is 28.9 Å². The van der Waals surface area contributed by atoms with Crippen LogP contribution in [0.4, 0.5) is 19.0 Å². The number of aryl methyl sites for hydroxylation is 1. The fraction of sp³-hybridized carbons (Fsp3) is 0.333. The molecule has 0 fully saturated rings. The first-order valence-corrected chi connectivity index (χ1v) is 11.9. The third-order valence-corrected chi connectivity index (χ3v) is 6.02. The lowest BCUT2D eigenvalue weighted by Crippen LogP contribution is -2.15. The number of ether oxygens (including phenoxy) is 1. The van der Waals surface area contributed by atoms with Gasteiger partial charge in [-0.1, -0.05) is 13.8 Å². The van der Waals surface area contributed by atoms with Gasteiger partial charge in [-0.05, 0) is 67.6 Å². The van der Waals surface area contributed by atoms with Crippen molar-refractivity contribution in [3.8, 4) is 28.3 Å². The summed E-state index contributed by atoms with van der Waals surface area (Å²) >= 11 is 0. The van der Waals surface area contributed by atoms with Gasteiger partial charge in [0, 0.05) is 23.7 Å². The summed E-state index contributed by atoms with van der Waals surface area (Å²) in [5.74, 6) is 0.721. The van der Waals surface area contributed by atoms with Crippen LogP contribution in [0.3, 0.4) is 0 Å². The van der Waals surface area contributed by atoms with E-state index in [9.17, 15) is 18.0 Å². The molecule has 10 heteroatoms. The number of pyridine rings is 1. The largest absolute Gasteiger partial charge is 0.493 e. The van der Waals surface area contributed by atoms with Gasteiger partial charge >= 0.3 is 6.18 Å². The number of nitrogen functional groups attached to an aromatic ring is 1. The summed E-state index contributed by atoms with van der Waals surface area (Å²) in [4.78, 5) is 19.2. The highest BCUT2D eigenvalue weighted by atomic mass is 19.4. The Bertz CT molecular complexity index is 1400. The first-order chi connectivity index (χ1) is 17.6. The number of anilines is 1. The van der Waals surface area contributed by atoms with Crippen molar-refractivity contribution in [1.29, 1.82) is 0 Å². The van der Waals surface area contributed by atoms with E-state index in [1.54, 1.807) is 19.1 Å². The minimum atomic E-state index is -4.63. The zero-order valence-corrected chi connectivity index (χ0v) is 20.8. The van der Waals surface area contributed by atoms with Crippen LogP contribution in [-0.2, 0) is 11.0 Å². The van der Waals surface area contributed by atoms with Gasteiger partial charge in [0.15, 0.2) is 5.65 Å². The Balaban J connectivity index is 1.62. The molecule has 1 aromatic carbocycles. The molecule has 0 radical (unpaired) electrons. The molecule has 0 aliphatic carbocycles. The van der Waals surface area contributed by atoms with Crippen molar-refractivity contribution < 1.29 is 22.7 Å². The number of benzene rings is 1. The van der Waals surface area contributed by atoms with Crippen LogP contribution in [0.25, 0.3) is 28.2 Å². The van der Waals surface area contributed by atoms with Crippen LogP contribution in [0, 0.1) is 18.8 Å². The maximum atomic E-state index is 13.4. The van der Waals surface area contributed by atoms with Gasteiger partial charge in [-0.15, -0.1) is 0 Å². The summed E-state index contributed by atoms with van der Waals surface area (Å²) in [5.41, 5.74) is 7.49. The zero-order chi connectivity index (χ0) is 26.7.